The van der Waals surface area contributed by atoms with E-state index in [0.29, 0.717) is 6.42 Å². The van der Waals surface area contributed by atoms with Crippen LogP contribution in [0.15, 0.2) is 24.3 Å². The summed E-state index contributed by atoms with van der Waals surface area (Å²) in [6.07, 6.45) is 0.524. The standard InChI is InChI=1S/C9H8O2.ClHO3S/c10-8-5-7-3-1-2-4-9(7)11-6-8;1-4-5(2)3/h1-4H,5-6H2;(H,2,3)/p-1. The molecule has 0 spiro atoms. The van der Waals surface area contributed by atoms with Crippen molar-refractivity contribution >= 4 is 29.0 Å². The number of fused-ring (bicyclic) bond motifs is 1. The first kappa shape index (κ1) is 13.1. The second kappa shape index (κ2) is 6.59. The molecule has 5 nitrogen and oxygen atoms in total. The highest BCUT2D eigenvalue weighted by atomic mass is 35.5. The molecule has 0 aliphatic carbocycles. The van der Waals surface area contributed by atoms with Crippen molar-refractivity contribution in [3.8, 4) is 5.75 Å². The lowest BCUT2D eigenvalue weighted by Gasteiger charge is -2.14. The van der Waals surface area contributed by atoms with E-state index in [1.54, 1.807) is 0 Å². The molecule has 1 aromatic rings. The molecule has 1 aromatic carbocycles. The lowest BCUT2D eigenvalue weighted by molar-refractivity contribution is -0.121. The average molecular weight is 264 g/mol. The SMILES string of the molecule is O=C1COc2ccccc2C1.O=S([O-])OCl. The van der Waals surface area contributed by atoms with E-state index in [1.165, 1.54) is 0 Å². The highest BCUT2D eigenvalue weighted by Gasteiger charge is 2.14. The maximum Gasteiger partial charge on any atom is 0.174 e. The molecule has 2 rings (SSSR count). The zero-order valence-electron chi connectivity index (χ0n) is 8.05. The number of ketones is 1. The van der Waals surface area contributed by atoms with E-state index < -0.39 is 11.4 Å². The molecule has 0 saturated carbocycles. The number of halogens is 1. The van der Waals surface area contributed by atoms with Gasteiger partial charge in [0.2, 0.25) is 0 Å². The van der Waals surface area contributed by atoms with Gasteiger partial charge in [0.25, 0.3) is 0 Å². The van der Waals surface area contributed by atoms with E-state index >= 15 is 0 Å². The quantitative estimate of drug-likeness (QED) is 0.710. The van der Waals surface area contributed by atoms with E-state index in [0.717, 1.165) is 11.3 Å². The molecule has 0 radical (unpaired) electrons. The Hall–Kier alpha value is -0.950. The number of carbonyl (C=O) groups excluding carboxylic acids is 1. The number of Topliss-reactive ketones (excluding diaryl/α,β-unsaturated/α-hetero) is 1. The topological polar surface area (TPSA) is 75.7 Å². The Morgan fingerprint density at radius 2 is 2.06 bits per heavy atom. The van der Waals surface area contributed by atoms with E-state index in [1.807, 2.05) is 24.3 Å². The molecule has 0 amide bonds. The molecular formula is C9H8ClO5S-. The summed E-state index contributed by atoms with van der Waals surface area (Å²) in [5, 5.41) is 0. The fourth-order valence-corrected chi connectivity index (χ4v) is 1.21. The Balaban J connectivity index is 0.000000221. The first-order valence-electron chi connectivity index (χ1n) is 4.24. The molecule has 1 atom stereocenters. The maximum atomic E-state index is 10.9. The van der Waals surface area contributed by atoms with Gasteiger partial charge in [-0.15, -0.1) is 0 Å². The van der Waals surface area contributed by atoms with Gasteiger partial charge in [-0.1, -0.05) is 18.2 Å². The molecule has 1 unspecified atom stereocenters. The van der Waals surface area contributed by atoms with Crippen molar-refractivity contribution in [3.63, 3.8) is 0 Å². The van der Waals surface area contributed by atoms with Gasteiger partial charge in [-0.05, 0) is 6.07 Å². The molecule has 1 aliphatic heterocycles. The molecule has 1 aliphatic rings. The normalized spacial score (nSPS) is 15.2. The lowest BCUT2D eigenvalue weighted by Crippen LogP contribution is -2.19. The molecule has 0 aromatic heterocycles. The number of rotatable bonds is 1. The smallest absolute Gasteiger partial charge is 0.174 e. The molecule has 0 saturated heterocycles. The number of hydrogen-bond acceptors (Lipinski definition) is 5. The van der Waals surface area contributed by atoms with Crippen LogP contribution in [0, 0.1) is 0 Å². The molecule has 7 heteroatoms. The minimum absolute atomic E-state index is 0.156. The fraction of sp³-hybridized carbons (Fsp3) is 0.222. The maximum absolute atomic E-state index is 10.9. The van der Waals surface area contributed by atoms with Crippen LogP contribution in [0.1, 0.15) is 5.56 Å². The van der Waals surface area contributed by atoms with Gasteiger partial charge >= 0.3 is 0 Å². The summed E-state index contributed by atoms with van der Waals surface area (Å²) >= 11 is 1.67. The number of para-hydroxylation sites is 1. The minimum atomic E-state index is -2.56. The molecular weight excluding hydrogens is 256 g/mol. The second-order valence-electron chi connectivity index (χ2n) is 2.88. The van der Waals surface area contributed by atoms with Gasteiger partial charge in [-0.2, -0.15) is 3.74 Å². The van der Waals surface area contributed by atoms with Crippen molar-refractivity contribution in [3.05, 3.63) is 29.8 Å². The van der Waals surface area contributed by atoms with Crippen LogP contribution < -0.4 is 4.74 Å². The highest BCUT2D eigenvalue weighted by molar-refractivity contribution is 7.74. The van der Waals surface area contributed by atoms with Crippen molar-refractivity contribution in [2.45, 2.75) is 6.42 Å². The third kappa shape index (κ3) is 4.28. The zero-order chi connectivity index (χ0) is 12.0. The van der Waals surface area contributed by atoms with Crippen LogP contribution in [0.5, 0.6) is 5.75 Å². The highest BCUT2D eigenvalue weighted by Crippen LogP contribution is 2.21. The van der Waals surface area contributed by atoms with Gasteiger partial charge in [-0.25, -0.2) is 4.21 Å². The number of carbonyl (C=O) groups is 1. The van der Waals surface area contributed by atoms with Gasteiger partial charge < -0.3 is 9.29 Å². The van der Waals surface area contributed by atoms with Crippen LogP contribution >= 0.6 is 11.9 Å². The van der Waals surface area contributed by atoms with Crippen LogP contribution in [-0.2, 0) is 26.3 Å². The summed E-state index contributed by atoms with van der Waals surface area (Å²) in [4.78, 5) is 10.9. The first-order chi connectivity index (χ1) is 7.63. The van der Waals surface area contributed by atoms with Crippen LogP contribution in [-0.4, -0.2) is 21.2 Å². The van der Waals surface area contributed by atoms with Crippen LogP contribution in [0.25, 0.3) is 0 Å². The van der Waals surface area contributed by atoms with Crippen molar-refractivity contribution in [1.82, 2.24) is 0 Å². The van der Waals surface area contributed by atoms with Gasteiger partial charge in [0.05, 0.1) is 11.9 Å². The first-order valence-corrected chi connectivity index (χ1v) is 5.55. The molecule has 0 fully saturated rings. The Bertz CT molecular complexity index is 395. The second-order valence-corrected chi connectivity index (χ2v) is 3.79. The summed E-state index contributed by atoms with van der Waals surface area (Å²) in [6.45, 7) is 0.233. The molecule has 88 valence electrons. The monoisotopic (exact) mass is 263 g/mol. The average Bonchev–Trinajstić information content (AvgIpc) is 2.29. The summed E-state index contributed by atoms with van der Waals surface area (Å²) in [6, 6.07) is 7.64. The molecule has 1 heterocycles. The number of benzene rings is 1. The Kier molecular flexibility index (Phi) is 5.41. The fourth-order valence-electron chi connectivity index (χ4n) is 1.21. The Morgan fingerprint density at radius 3 is 2.69 bits per heavy atom. The third-order valence-corrected chi connectivity index (χ3v) is 2.21. The van der Waals surface area contributed by atoms with Gasteiger partial charge in [0.1, 0.15) is 23.7 Å². The van der Waals surface area contributed by atoms with E-state index in [-0.39, 0.29) is 12.4 Å². The Labute approximate surface area is 100.0 Å². The van der Waals surface area contributed by atoms with Crippen LogP contribution in [0.4, 0.5) is 0 Å². The van der Waals surface area contributed by atoms with Crippen molar-refractivity contribution in [1.29, 1.82) is 0 Å². The van der Waals surface area contributed by atoms with Crippen LogP contribution in [0.2, 0.25) is 0 Å². The molecule has 0 N–H and O–H groups in total. The predicted octanol–water partition coefficient (Wildman–Crippen LogP) is 1.14. The summed E-state index contributed by atoms with van der Waals surface area (Å²) in [5.41, 5.74) is 1.00. The summed E-state index contributed by atoms with van der Waals surface area (Å²) in [5.74, 6) is 1.01. The van der Waals surface area contributed by atoms with Gasteiger partial charge in [-0.3, -0.25) is 4.79 Å². The van der Waals surface area contributed by atoms with Gasteiger partial charge in [0, 0.05) is 12.0 Å². The third-order valence-electron chi connectivity index (χ3n) is 1.80. The molecule has 0 bridgehead atoms. The summed E-state index contributed by atoms with van der Waals surface area (Å²) in [7, 11) is 0. The van der Waals surface area contributed by atoms with Crippen LogP contribution in [0.3, 0.4) is 0 Å². The summed E-state index contributed by atoms with van der Waals surface area (Å²) < 4.78 is 26.4. The van der Waals surface area contributed by atoms with Crippen molar-refractivity contribution in [2.75, 3.05) is 6.61 Å². The van der Waals surface area contributed by atoms with Crippen molar-refractivity contribution < 1.29 is 22.0 Å². The van der Waals surface area contributed by atoms with E-state index in [4.69, 9.17) is 13.5 Å². The minimum Gasteiger partial charge on any atom is -0.749 e. The lowest BCUT2D eigenvalue weighted by atomic mass is 10.1. The predicted molar refractivity (Wildman–Crippen MR) is 56.5 cm³/mol. The molecule has 16 heavy (non-hydrogen) atoms. The number of hydrogen-bond donors (Lipinski definition) is 0. The largest absolute Gasteiger partial charge is 0.749 e. The van der Waals surface area contributed by atoms with E-state index in [9.17, 15) is 4.79 Å². The zero-order valence-corrected chi connectivity index (χ0v) is 9.62. The Morgan fingerprint density at radius 1 is 1.44 bits per heavy atom. The van der Waals surface area contributed by atoms with Crippen molar-refractivity contribution in [2.24, 2.45) is 0 Å². The number of ether oxygens (including phenoxy) is 1. The van der Waals surface area contributed by atoms with E-state index in [2.05, 4.69) is 15.6 Å². The van der Waals surface area contributed by atoms with Gasteiger partial charge in [0.15, 0.2) is 5.78 Å².